The first-order valence-electron chi connectivity index (χ1n) is 10.6. The lowest BCUT2D eigenvalue weighted by molar-refractivity contribution is 0.0944. The van der Waals surface area contributed by atoms with Gasteiger partial charge in [0.05, 0.1) is 0 Å². The van der Waals surface area contributed by atoms with Crippen molar-refractivity contribution < 1.29 is 9.18 Å². The fourth-order valence-electron chi connectivity index (χ4n) is 4.45. The van der Waals surface area contributed by atoms with E-state index in [1.165, 1.54) is 38.1 Å². The zero-order valence-corrected chi connectivity index (χ0v) is 17.1. The second kappa shape index (κ2) is 9.05. The molecule has 1 atom stereocenters. The molecule has 1 aromatic carbocycles. The monoisotopic (exact) mass is 399 g/mol. The Morgan fingerprint density at radius 3 is 2.76 bits per heavy atom. The predicted molar refractivity (Wildman–Crippen MR) is 110 cm³/mol. The van der Waals surface area contributed by atoms with Gasteiger partial charge in [0.2, 0.25) is 0 Å². The average Bonchev–Trinajstić information content (AvgIpc) is 3.35. The quantitative estimate of drug-likeness (QED) is 0.748. The van der Waals surface area contributed by atoms with Crippen LogP contribution in [0.1, 0.15) is 46.6 Å². The van der Waals surface area contributed by atoms with Crippen LogP contribution >= 0.6 is 0 Å². The summed E-state index contributed by atoms with van der Waals surface area (Å²) >= 11 is 0. The van der Waals surface area contributed by atoms with Crippen molar-refractivity contribution in [3.8, 4) is 0 Å². The van der Waals surface area contributed by atoms with E-state index >= 15 is 0 Å². The van der Waals surface area contributed by atoms with Gasteiger partial charge in [-0.2, -0.15) is 5.10 Å². The van der Waals surface area contributed by atoms with Gasteiger partial charge in [0.1, 0.15) is 5.82 Å². The van der Waals surface area contributed by atoms with Gasteiger partial charge in [-0.3, -0.25) is 9.48 Å². The fraction of sp³-hybridized carbons (Fsp3) is 0.545. The maximum Gasteiger partial charge on any atom is 0.272 e. The third-order valence-electron chi connectivity index (χ3n) is 6.10. The summed E-state index contributed by atoms with van der Waals surface area (Å²) < 4.78 is 14.9. The summed E-state index contributed by atoms with van der Waals surface area (Å²) in [5.41, 5.74) is 3.62. The third kappa shape index (κ3) is 4.85. The van der Waals surface area contributed by atoms with E-state index < -0.39 is 0 Å². The molecule has 4 rings (SSSR count). The Morgan fingerprint density at radius 1 is 1.24 bits per heavy atom. The largest absolute Gasteiger partial charge is 0.347 e. The molecule has 1 aliphatic heterocycles. The molecule has 2 heterocycles. The van der Waals surface area contributed by atoms with Crippen LogP contribution in [0.5, 0.6) is 0 Å². The summed E-state index contributed by atoms with van der Waals surface area (Å²) in [4.78, 5) is 15.3. The molecule has 0 radical (unpaired) electrons. The number of halogens is 1. The number of nitrogens with zero attached hydrogens (tertiary/aromatic N) is 3. The summed E-state index contributed by atoms with van der Waals surface area (Å²) in [5.74, 6) is -0.439. The van der Waals surface area contributed by atoms with Crippen LogP contribution < -0.4 is 10.6 Å². The number of carbonyl (C=O) groups excluding carboxylic acids is 1. The number of hydrogen-bond acceptors (Lipinski definition) is 4. The standard InChI is InChI=1S/C22H30FN5O/c1-27-20-9-8-18(24-10-13-28-11-2-3-12-28)14-19(20)21(26-27)22(29)25-15-16-4-6-17(23)7-5-16/h4-7,18,24H,2-3,8-15H2,1H3,(H,25,29). The molecule has 1 aliphatic carbocycles. The van der Waals surface area contributed by atoms with Gasteiger partial charge in [0.25, 0.3) is 5.91 Å². The molecule has 6 nitrogen and oxygen atoms in total. The Hall–Kier alpha value is -2.25. The van der Waals surface area contributed by atoms with Crippen molar-refractivity contribution in [2.24, 2.45) is 7.05 Å². The minimum absolute atomic E-state index is 0.163. The van der Waals surface area contributed by atoms with Crippen LogP contribution in [0.25, 0.3) is 0 Å². The summed E-state index contributed by atoms with van der Waals surface area (Å²) in [6.07, 6.45) is 5.48. The zero-order chi connectivity index (χ0) is 20.2. The van der Waals surface area contributed by atoms with Crippen molar-refractivity contribution in [1.82, 2.24) is 25.3 Å². The normalized spacial score (nSPS) is 19.3. The Labute approximate surface area is 171 Å². The number of rotatable bonds is 7. The van der Waals surface area contributed by atoms with Crippen LogP contribution in [-0.4, -0.2) is 52.8 Å². The van der Waals surface area contributed by atoms with Crippen molar-refractivity contribution >= 4 is 5.91 Å². The third-order valence-corrected chi connectivity index (χ3v) is 6.10. The highest BCUT2D eigenvalue weighted by molar-refractivity contribution is 5.94. The van der Waals surface area contributed by atoms with E-state index in [1.807, 2.05) is 11.7 Å². The van der Waals surface area contributed by atoms with Gasteiger partial charge < -0.3 is 15.5 Å². The van der Waals surface area contributed by atoms with E-state index in [-0.39, 0.29) is 11.7 Å². The average molecular weight is 400 g/mol. The SMILES string of the molecule is Cn1nc(C(=O)NCc2ccc(F)cc2)c2c1CCC(NCCN1CCCC1)C2. The fourth-order valence-corrected chi connectivity index (χ4v) is 4.45. The van der Waals surface area contributed by atoms with Crippen LogP contribution in [0.2, 0.25) is 0 Å². The minimum Gasteiger partial charge on any atom is -0.347 e. The number of hydrogen-bond donors (Lipinski definition) is 2. The first-order valence-corrected chi connectivity index (χ1v) is 10.6. The van der Waals surface area contributed by atoms with Crippen LogP contribution in [0, 0.1) is 5.82 Å². The maximum absolute atomic E-state index is 13.0. The molecule has 2 aliphatic rings. The second-order valence-electron chi connectivity index (χ2n) is 8.15. The lowest BCUT2D eigenvalue weighted by atomic mass is 9.91. The molecular weight excluding hydrogens is 369 g/mol. The van der Waals surface area contributed by atoms with Gasteiger partial charge in [0, 0.05) is 44.0 Å². The van der Waals surface area contributed by atoms with Crippen molar-refractivity contribution in [3.05, 3.63) is 52.6 Å². The molecule has 1 unspecified atom stereocenters. The van der Waals surface area contributed by atoms with Gasteiger partial charge in [0.15, 0.2) is 5.69 Å². The molecule has 29 heavy (non-hydrogen) atoms. The van der Waals surface area contributed by atoms with Gasteiger partial charge in [-0.1, -0.05) is 12.1 Å². The van der Waals surface area contributed by atoms with E-state index in [1.54, 1.807) is 12.1 Å². The minimum atomic E-state index is -0.276. The number of amides is 1. The van der Waals surface area contributed by atoms with Crippen LogP contribution in [0.3, 0.4) is 0 Å². The smallest absolute Gasteiger partial charge is 0.272 e. The highest BCUT2D eigenvalue weighted by atomic mass is 19.1. The van der Waals surface area contributed by atoms with Gasteiger partial charge in [-0.15, -0.1) is 0 Å². The Bertz CT molecular complexity index is 842. The highest BCUT2D eigenvalue weighted by Crippen LogP contribution is 2.24. The lowest BCUT2D eigenvalue weighted by Gasteiger charge is -2.25. The highest BCUT2D eigenvalue weighted by Gasteiger charge is 2.28. The Balaban J connectivity index is 1.35. The van der Waals surface area contributed by atoms with Crippen LogP contribution in [0.4, 0.5) is 4.39 Å². The van der Waals surface area contributed by atoms with E-state index in [9.17, 15) is 9.18 Å². The molecule has 1 amide bonds. The topological polar surface area (TPSA) is 62.2 Å². The maximum atomic E-state index is 13.0. The number of carbonyl (C=O) groups is 1. The molecule has 1 fully saturated rings. The number of fused-ring (bicyclic) bond motifs is 1. The van der Waals surface area contributed by atoms with Crippen LogP contribution in [-0.2, 0) is 26.4 Å². The summed E-state index contributed by atoms with van der Waals surface area (Å²) in [7, 11) is 1.91. The number of aryl methyl sites for hydroxylation is 1. The summed E-state index contributed by atoms with van der Waals surface area (Å²) in [6, 6.07) is 6.57. The van der Waals surface area contributed by atoms with E-state index in [2.05, 4.69) is 20.6 Å². The molecule has 0 bridgehead atoms. The molecule has 7 heteroatoms. The molecule has 0 saturated carbocycles. The van der Waals surface area contributed by atoms with Gasteiger partial charge in [-0.05, 0) is 62.9 Å². The number of benzene rings is 1. The van der Waals surface area contributed by atoms with Crippen molar-refractivity contribution in [2.75, 3.05) is 26.2 Å². The molecule has 1 saturated heterocycles. The number of likely N-dealkylation sites (tertiary alicyclic amines) is 1. The molecule has 1 aromatic heterocycles. The van der Waals surface area contributed by atoms with Gasteiger partial charge >= 0.3 is 0 Å². The Kier molecular flexibility index (Phi) is 6.25. The van der Waals surface area contributed by atoms with E-state index in [0.29, 0.717) is 18.3 Å². The summed E-state index contributed by atoms with van der Waals surface area (Å²) in [5, 5.41) is 11.1. The molecule has 2 N–H and O–H groups in total. The van der Waals surface area contributed by atoms with Crippen LogP contribution in [0.15, 0.2) is 24.3 Å². The predicted octanol–water partition coefficient (Wildman–Crippen LogP) is 2.03. The molecular formula is C22H30FN5O. The first kappa shape index (κ1) is 20.0. The first-order chi connectivity index (χ1) is 14.1. The van der Waals surface area contributed by atoms with Gasteiger partial charge in [-0.25, -0.2) is 4.39 Å². The molecule has 2 aromatic rings. The van der Waals surface area contributed by atoms with Crippen molar-refractivity contribution in [3.63, 3.8) is 0 Å². The lowest BCUT2D eigenvalue weighted by Crippen LogP contribution is -2.39. The molecule has 0 spiro atoms. The van der Waals surface area contributed by atoms with E-state index in [4.69, 9.17) is 0 Å². The molecule has 156 valence electrons. The second-order valence-corrected chi connectivity index (χ2v) is 8.15. The summed E-state index contributed by atoms with van der Waals surface area (Å²) in [6.45, 7) is 4.89. The van der Waals surface area contributed by atoms with Crippen molar-refractivity contribution in [2.45, 2.75) is 44.7 Å². The number of nitrogens with one attached hydrogen (secondary N) is 2. The zero-order valence-electron chi connectivity index (χ0n) is 17.1. The Morgan fingerprint density at radius 2 is 2.00 bits per heavy atom. The number of aromatic nitrogens is 2. The van der Waals surface area contributed by atoms with E-state index in [0.717, 1.165) is 49.2 Å². The van der Waals surface area contributed by atoms with Crippen molar-refractivity contribution in [1.29, 1.82) is 0 Å².